The third-order valence-corrected chi connectivity index (χ3v) is 6.20. The van der Waals surface area contributed by atoms with Gasteiger partial charge in [0.15, 0.2) is 5.82 Å². The Morgan fingerprint density at radius 1 is 1.11 bits per heavy atom. The lowest BCUT2D eigenvalue weighted by molar-refractivity contribution is -0.138. The first-order valence-electron chi connectivity index (χ1n) is 12.6. The van der Waals surface area contributed by atoms with Crippen LogP contribution in [0.4, 0.5) is 4.79 Å². The average Bonchev–Trinajstić information content (AvgIpc) is 2.95. The number of amides is 1. The van der Waals surface area contributed by atoms with Gasteiger partial charge in [0.2, 0.25) is 0 Å². The molecule has 1 aromatic heterocycles. The van der Waals surface area contributed by atoms with Crippen molar-refractivity contribution < 1.29 is 28.9 Å². The van der Waals surface area contributed by atoms with E-state index in [4.69, 9.17) is 14.2 Å². The molecule has 10 nitrogen and oxygen atoms in total. The summed E-state index contributed by atoms with van der Waals surface area (Å²) in [5, 5.41) is 12.2. The molecule has 4 rings (SSSR count). The molecule has 0 spiro atoms. The van der Waals surface area contributed by atoms with Crippen LogP contribution < -0.4 is 10.1 Å². The Hall–Kier alpha value is -4.02. The van der Waals surface area contributed by atoms with Crippen molar-refractivity contribution >= 4 is 12.1 Å². The van der Waals surface area contributed by atoms with Crippen molar-refractivity contribution in [3.05, 3.63) is 77.6 Å². The summed E-state index contributed by atoms with van der Waals surface area (Å²) in [6.45, 7) is 6.37. The monoisotopic (exact) mass is 520 g/mol. The lowest BCUT2D eigenvalue weighted by Gasteiger charge is -2.26. The van der Waals surface area contributed by atoms with Gasteiger partial charge in [-0.15, -0.1) is 0 Å². The van der Waals surface area contributed by atoms with E-state index in [0.29, 0.717) is 29.4 Å². The highest BCUT2D eigenvalue weighted by Crippen LogP contribution is 2.27. The predicted molar refractivity (Wildman–Crippen MR) is 140 cm³/mol. The zero-order valence-corrected chi connectivity index (χ0v) is 21.3. The van der Waals surface area contributed by atoms with Crippen molar-refractivity contribution in [1.29, 1.82) is 0 Å². The molecule has 1 atom stereocenters. The number of carboxylic acid groups (broad SMARTS) is 1. The SMILES string of the molecule is CC(C(=O)O)c1ccccc1OCc1ccnc(-c2cccc(COC(=O)NCCN3CCOCC3)c2)n1. The third kappa shape index (κ3) is 7.74. The highest BCUT2D eigenvalue weighted by atomic mass is 16.5. The number of hydrogen-bond donors (Lipinski definition) is 2. The van der Waals surface area contributed by atoms with Gasteiger partial charge in [-0.05, 0) is 30.7 Å². The summed E-state index contributed by atoms with van der Waals surface area (Å²) in [6.07, 6.45) is 1.19. The van der Waals surface area contributed by atoms with E-state index in [9.17, 15) is 14.7 Å². The smallest absolute Gasteiger partial charge is 0.407 e. The normalized spacial score (nSPS) is 14.4. The molecule has 1 amide bonds. The maximum atomic E-state index is 12.1. The van der Waals surface area contributed by atoms with Gasteiger partial charge in [-0.3, -0.25) is 9.69 Å². The van der Waals surface area contributed by atoms with Gasteiger partial charge in [-0.25, -0.2) is 14.8 Å². The molecule has 1 unspecified atom stereocenters. The van der Waals surface area contributed by atoms with Gasteiger partial charge in [0, 0.05) is 43.5 Å². The molecular weight excluding hydrogens is 488 g/mol. The Bertz CT molecular complexity index is 1230. The van der Waals surface area contributed by atoms with Crippen LogP contribution >= 0.6 is 0 Å². The number of carboxylic acids is 1. The number of para-hydroxylation sites is 1. The topological polar surface area (TPSA) is 123 Å². The summed E-state index contributed by atoms with van der Waals surface area (Å²) >= 11 is 0. The number of ether oxygens (including phenoxy) is 3. The van der Waals surface area contributed by atoms with Gasteiger partial charge in [0.05, 0.1) is 24.8 Å². The molecule has 200 valence electrons. The number of aliphatic carboxylic acids is 1. The van der Waals surface area contributed by atoms with E-state index in [2.05, 4.69) is 20.2 Å². The molecule has 0 aliphatic carbocycles. The van der Waals surface area contributed by atoms with Crippen molar-refractivity contribution in [2.45, 2.75) is 26.1 Å². The summed E-state index contributed by atoms with van der Waals surface area (Å²) in [5.41, 5.74) is 2.84. The minimum absolute atomic E-state index is 0.124. The zero-order chi connectivity index (χ0) is 26.7. The molecular formula is C28H32N4O6. The fourth-order valence-corrected chi connectivity index (χ4v) is 4.01. The van der Waals surface area contributed by atoms with Crippen LogP contribution in [0.3, 0.4) is 0 Å². The summed E-state index contributed by atoms with van der Waals surface area (Å²) in [5.74, 6) is -0.594. The Morgan fingerprint density at radius 2 is 1.92 bits per heavy atom. The maximum absolute atomic E-state index is 12.1. The van der Waals surface area contributed by atoms with E-state index in [1.165, 1.54) is 0 Å². The van der Waals surface area contributed by atoms with E-state index in [1.54, 1.807) is 43.5 Å². The van der Waals surface area contributed by atoms with Crippen molar-refractivity contribution in [2.75, 3.05) is 39.4 Å². The van der Waals surface area contributed by atoms with Gasteiger partial charge in [-0.2, -0.15) is 0 Å². The van der Waals surface area contributed by atoms with Crippen LogP contribution in [0.25, 0.3) is 11.4 Å². The molecule has 10 heteroatoms. The van der Waals surface area contributed by atoms with Crippen LogP contribution in [0.1, 0.15) is 29.7 Å². The van der Waals surface area contributed by atoms with E-state index in [1.807, 2.05) is 24.3 Å². The molecule has 1 aliphatic heterocycles. The highest BCUT2D eigenvalue weighted by Gasteiger charge is 2.18. The summed E-state index contributed by atoms with van der Waals surface area (Å²) in [4.78, 5) is 34.8. The first-order chi connectivity index (χ1) is 18.5. The second-order valence-electron chi connectivity index (χ2n) is 8.92. The van der Waals surface area contributed by atoms with Crippen molar-refractivity contribution in [3.63, 3.8) is 0 Å². The lowest BCUT2D eigenvalue weighted by Crippen LogP contribution is -2.41. The van der Waals surface area contributed by atoms with Crippen LogP contribution in [0.5, 0.6) is 5.75 Å². The fraction of sp³-hybridized carbons (Fsp3) is 0.357. The Kier molecular flexibility index (Phi) is 9.60. The number of hydrogen-bond acceptors (Lipinski definition) is 8. The minimum Gasteiger partial charge on any atom is -0.487 e. The molecule has 1 fully saturated rings. The number of morpholine rings is 1. The van der Waals surface area contributed by atoms with Gasteiger partial charge in [0.25, 0.3) is 0 Å². The summed E-state index contributed by atoms with van der Waals surface area (Å²) in [6, 6.07) is 16.3. The van der Waals surface area contributed by atoms with E-state index >= 15 is 0 Å². The van der Waals surface area contributed by atoms with Crippen molar-refractivity contribution in [2.24, 2.45) is 0 Å². The largest absolute Gasteiger partial charge is 0.487 e. The molecule has 1 saturated heterocycles. The molecule has 2 aromatic carbocycles. The Balaban J connectivity index is 1.31. The van der Waals surface area contributed by atoms with Gasteiger partial charge < -0.3 is 24.6 Å². The Morgan fingerprint density at radius 3 is 2.74 bits per heavy atom. The highest BCUT2D eigenvalue weighted by molar-refractivity contribution is 5.76. The fourth-order valence-electron chi connectivity index (χ4n) is 4.01. The number of carbonyl (C=O) groups excluding carboxylic acids is 1. The van der Waals surface area contributed by atoms with Gasteiger partial charge in [-0.1, -0.05) is 36.4 Å². The number of aromatic nitrogens is 2. The molecule has 1 aliphatic rings. The quantitative estimate of drug-likeness (QED) is 0.391. The molecule has 2 N–H and O–H groups in total. The first kappa shape index (κ1) is 27.0. The minimum atomic E-state index is -0.917. The van der Waals surface area contributed by atoms with Crippen molar-refractivity contribution in [1.82, 2.24) is 20.2 Å². The Labute approximate surface area is 221 Å². The number of alkyl carbamates (subject to hydrolysis) is 1. The number of nitrogens with one attached hydrogen (secondary N) is 1. The van der Waals surface area contributed by atoms with Crippen LogP contribution in [0.2, 0.25) is 0 Å². The number of benzene rings is 2. The second-order valence-corrected chi connectivity index (χ2v) is 8.92. The van der Waals surface area contributed by atoms with Gasteiger partial charge in [0.1, 0.15) is 19.0 Å². The predicted octanol–water partition coefficient (Wildman–Crippen LogP) is 3.47. The third-order valence-electron chi connectivity index (χ3n) is 6.20. The van der Waals surface area contributed by atoms with Crippen LogP contribution in [0.15, 0.2) is 60.8 Å². The lowest BCUT2D eigenvalue weighted by atomic mass is 10.0. The zero-order valence-electron chi connectivity index (χ0n) is 21.3. The number of nitrogens with zero attached hydrogens (tertiary/aromatic N) is 3. The molecule has 0 bridgehead atoms. The van der Waals surface area contributed by atoms with Crippen LogP contribution in [-0.2, 0) is 27.5 Å². The summed E-state index contributed by atoms with van der Waals surface area (Å²) in [7, 11) is 0. The number of rotatable bonds is 11. The first-order valence-corrected chi connectivity index (χ1v) is 12.6. The molecule has 3 aromatic rings. The average molecular weight is 521 g/mol. The number of carbonyl (C=O) groups is 2. The molecule has 38 heavy (non-hydrogen) atoms. The second kappa shape index (κ2) is 13.5. The molecule has 0 saturated carbocycles. The van der Waals surface area contributed by atoms with Crippen LogP contribution in [-0.4, -0.2) is 71.4 Å². The van der Waals surface area contributed by atoms with E-state index in [-0.39, 0.29) is 13.2 Å². The van der Waals surface area contributed by atoms with Crippen LogP contribution in [0, 0.1) is 0 Å². The summed E-state index contributed by atoms with van der Waals surface area (Å²) < 4.78 is 16.6. The van der Waals surface area contributed by atoms with Crippen molar-refractivity contribution in [3.8, 4) is 17.1 Å². The molecule has 0 radical (unpaired) electrons. The van der Waals surface area contributed by atoms with E-state index < -0.39 is 18.0 Å². The maximum Gasteiger partial charge on any atom is 0.407 e. The standard InChI is InChI=1S/C28H32N4O6/c1-20(27(33)34)24-7-2-3-8-25(24)37-19-23-9-10-29-26(31-23)22-6-4-5-21(17-22)18-38-28(35)30-11-12-32-13-15-36-16-14-32/h2-10,17,20H,11-16,18-19H2,1H3,(H,30,35)(H,33,34). The van der Waals surface area contributed by atoms with E-state index in [0.717, 1.165) is 44.0 Å². The van der Waals surface area contributed by atoms with Gasteiger partial charge >= 0.3 is 12.1 Å². The molecule has 2 heterocycles.